The molecular weight excluding hydrogens is 268 g/mol. The fourth-order valence-electron chi connectivity index (χ4n) is 3.53. The molecule has 0 unspecified atom stereocenters. The van der Waals surface area contributed by atoms with E-state index >= 15 is 0 Å². The molecule has 21 heavy (non-hydrogen) atoms. The van der Waals surface area contributed by atoms with Crippen LogP contribution in [0.5, 0.6) is 0 Å². The highest BCUT2D eigenvalue weighted by Gasteiger charge is 2.42. The zero-order valence-corrected chi connectivity index (χ0v) is 12.7. The maximum absolute atomic E-state index is 11.7. The monoisotopic (exact) mass is 290 g/mol. The van der Waals surface area contributed by atoms with E-state index in [0.717, 1.165) is 31.6 Å². The zero-order valence-electron chi connectivity index (χ0n) is 12.7. The van der Waals surface area contributed by atoms with Crippen LogP contribution < -0.4 is 0 Å². The summed E-state index contributed by atoms with van der Waals surface area (Å²) in [5.74, 6) is 0.109. The molecule has 2 aliphatic heterocycles. The lowest BCUT2D eigenvalue weighted by Gasteiger charge is -2.44. The van der Waals surface area contributed by atoms with Crippen LogP contribution in [-0.2, 0) is 31.0 Å². The lowest BCUT2D eigenvalue weighted by atomic mass is 9.76. The van der Waals surface area contributed by atoms with Crippen molar-refractivity contribution in [3.63, 3.8) is 0 Å². The van der Waals surface area contributed by atoms with Crippen LogP contribution in [0, 0.1) is 0 Å². The maximum atomic E-state index is 11.7. The highest BCUT2D eigenvalue weighted by molar-refractivity contribution is 5.73. The normalized spacial score (nSPS) is 23.6. The summed E-state index contributed by atoms with van der Waals surface area (Å²) in [5.41, 5.74) is 3.36. The molecule has 1 saturated heterocycles. The molecule has 114 valence electrons. The van der Waals surface area contributed by atoms with Crippen molar-refractivity contribution in [2.45, 2.75) is 37.7 Å². The van der Waals surface area contributed by atoms with Crippen molar-refractivity contribution in [2.24, 2.45) is 0 Å². The van der Waals surface area contributed by atoms with Gasteiger partial charge in [0.15, 0.2) is 0 Å². The molecular formula is C17H22O4. The molecule has 0 radical (unpaired) electrons. The van der Waals surface area contributed by atoms with E-state index in [1.165, 1.54) is 18.2 Å². The van der Waals surface area contributed by atoms with Crippen molar-refractivity contribution in [3.05, 3.63) is 34.9 Å². The van der Waals surface area contributed by atoms with Crippen LogP contribution in [0.2, 0.25) is 0 Å². The van der Waals surface area contributed by atoms with Crippen LogP contribution in [0.3, 0.4) is 0 Å². The largest absolute Gasteiger partial charge is 0.469 e. The molecule has 0 aromatic heterocycles. The SMILES string of the molecule is COC(=O)Cc1cccc2c1[C@H](C)COC21CCOCC1. The molecule has 1 aromatic carbocycles. The van der Waals surface area contributed by atoms with E-state index in [4.69, 9.17) is 14.2 Å². The summed E-state index contributed by atoms with van der Waals surface area (Å²) in [5, 5.41) is 0. The Morgan fingerprint density at radius 2 is 2.14 bits per heavy atom. The van der Waals surface area contributed by atoms with Crippen LogP contribution in [0.4, 0.5) is 0 Å². The number of hydrogen-bond donors (Lipinski definition) is 0. The summed E-state index contributed by atoms with van der Waals surface area (Å²) in [6.45, 7) is 4.32. The third-order valence-corrected chi connectivity index (χ3v) is 4.65. The average molecular weight is 290 g/mol. The summed E-state index contributed by atoms with van der Waals surface area (Å²) in [7, 11) is 1.43. The molecule has 2 heterocycles. The van der Waals surface area contributed by atoms with Gasteiger partial charge >= 0.3 is 5.97 Å². The third kappa shape index (κ3) is 2.58. The van der Waals surface area contributed by atoms with Gasteiger partial charge in [0.1, 0.15) is 0 Å². The van der Waals surface area contributed by atoms with Gasteiger partial charge in [0.2, 0.25) is 0 Å². The van der Waals surface area contributed by atoms with Crippen LogP contribution in [0.1, 0.15) is 42.4 Å². The molecule has 1 spiro atoms. The first-order valence-electron chi connectivity index (χ1n) is 7.57. The van der Waals surface area contributed by atoms with Crippen molar-refractivity contribution >= 4 is 5.97 Å². The standard InChI is InChI=1S/C17H22O4/c1-12-11-21-17(6-8-20-9-7-17)14-5-3-4-13(16(12)14)10-15(18)19-2/h3-5,12H,6-11H2,1-2H3/t12-/m1/s1. The number of esters is 1. The zero-order chi connectivity index (χ0) is 14.9. The molecule has 2 aliphatic rings. The van der Waals surface area contributed by atoms with Crippen LogP contribution in [-0.4, -0.2) is 32.9 Å². The molecule has 1 aromatic rings. The predicted octanol–water partition coefficient (Wildman–Crippen LogP) is 2.54. The Morgan fingerprint density at radius 1 is 1.38 bits per heavy atom. The number of hydrogen-bond acceptors (Lipinski definition) is 4. The molecule has 0 amide bonds. The third-order valence-electron chi connectivity index (χ3n) is 4.65. The van der Waals surface area contributed by atoms with E-state index in [1.807, 2.05) is 12.1 Å². The summed E-state index contributed by atoms with van der Waals surface area (Å²) in [6, 6.07) is 6.21. The van der Waals surface area contributed by atoms with Crippen molar-refractivity contribution in [1.29, 1.82) is 0 Å². The topological polar surface area (TPSA) is 44.8 Å². The van der Waals surface area contributed by atoms with Crippen molar-refractivity contribution in [3.8, 4) is 0 Å². The number of methoxy groups -OCH3 is 1. The summed E-state index contributed by atoms with van der Waals surface area (Å²) < 4.78 is 16.6. The van der Waals surface area contributed by atoms with E-state index in [0.29, 0.717) is 18.9 Å². The van der Waals surface area contributed by atoms with Gasteiger partial charge in [0, 0.05) is 32.0 Å². The Kier molecular flexibility index (Phi) is 4.00. The fourth-order valence-corrected chi connectivity index (χ4v) is 3.53. The van der Waals surface area contributed by atoms with E-state index < -0.39 is 0 Å². The average Bonchev–Trinajstić information content (AvgIpc) is 2.52. The minimum absolute atomic E-state index is 0.192. The fraction of sp³-hybridized carbons (Fsp3) is 0.588. The smallest absolute Gasteiger partial charge is 0.309 e. The Bertz CT molecular complexity index is 532. The van der Waals surface area contributed by atoms with Crippen LogP contribution >= 0.6 is 0 Å². The second-order valence-electron chi connectivity index (χ2n) is 5.95. The first-order valence-corrected chi connectivity index (χ1v) is 7.57. The Balaban J connectivity index is 2.03. The number of ether oxygens (including phenoxy) is 3. The van der Waals surface area contributed by atoms with Crippen molar-refractivity contribution in [1.82, 2.24) is 0 Å². The number of fused-ring (bicyclic) bond motifs is 2. The molecule has 4 nitrogen and oxygen atoms in total. The highest BCUT2D eigenvalue weighted by atomic mass is 16.5. The van der Waals surface area contributed by atoms with E-state index in [2.05, 4.69) is 13.0 Å². The van der Waals surface area contributed by atoms with Gasteiger partial charge in [-0.25, -0.2) is 0 Å². The van der Waals surface area contributed by atoms with E-state index in [-0.39, 0.29) is 11.6 Å². The van der Waals surface area contributed by atoms with Gasteiger partial charge in [-0.1, -0.05) is 25.1 Å². The molecule has 1 fully saturated rings. The first kappa shape index (κ1) is 14.5. The van der Waals surface area contributed by atoms with Gasteiger partial charge in [0.25, 0.3) is 0 Å². The van der Waals surface area contributed by atoms with Gasteiger partial charge < -0.3 is 14.2 Å². The van der Waals surface area contributed by atoms with E-state index in [1.54, 1.807) is 0 Å². The molecule has 3 rings (SSSR count). The number of benzene rings is 1. The Hall–Kier alpha value is -1.39. The second kappa shape index (κ2) is 5.78. The number of carbonyl (C=O) groups excluding carboxylic acids is 1. The van der Waals surface area contributed by atoms with Gasteiger partial charge in [-0.15, -0.1) is 0 Å². The van der Waals surface area contributed by atoms with Crippen molar-refractivity contribution in [2.75, 3.05) is 26.9 Å². The van der Waals surface area contributed by atoms with Crippen LogP contribution in [0.25, 0.3) is 0 Å². The van der Waals surface area contributed by atoms with Crippen LogP contribution in [0.15, 0.2) is 18.2 Å². The Morgan fingerprint density at radius 3 is 2.86 bits per heavy atom. The minimum Gasteiger partial charge on any atom is -0.469 e. The summed E-state index contributed by atoms with van der Waals surface area (Å²) >= 11 is 0. The molecule has 0 bridgehead atoms. The van der Waals surface area contributed by atoms with Gasteiger partial charge in [-0.3, -0.25) is 4.79 Å². The second-order valence-corrected chi connectivity index (χ2v) is 5.95. The lowest BCUT2D eigenvalue weighted by molar-refractivity contribution is -0.140. The quantitative estimate of drug-likeness (QED) is 0.785. The molecule has 4 heteroatoms. The Labute approximate surface area is 125 Å². The first-order chi connectivity index (χ1) is 10.2. The molecule has 0 N–H and O–H groups in total. The lowest BCUT2D eigenvalue weighted by Crippen LogP contribution is -2.42. The number of carbonyl (C=O) groups is 1. The maximum Gasteiger partial charge on any atom is 0.309 e. The summed E-state index contributed by atoms with van der Waals surface area (Å²) in [6.07, 6.45) is 2.10. The predicted molar refractivity (Wildman–Crippen MR) is 78.3 cm³/mol. The number of rotatable bonds is 2. The van der Waals surface area contributed by atoms with Gasteiger partial charge in [0.05, 0.1) is 25.7 Å². The minimum atomic E-state index is -0.230. The molecule has 1 atom stereocenters. The molecule has 0 saturated carbocycles. The van der Waals surface area contributed by atoms with Crippen molar-refractivity contribution < 1.29 is 19.0 Å². The van der Waals surface area contributed by atoms with E-state index in [9.17, 15) is 4.79 Å². The van der Waals surface area contributed by atoms with Gasteiger partial charge in [-0.2, -0.15) is 0 Å². The van der Waals surface area contributed by atoms with Gasteiger partial charge in [-0.05, 0) is 16.7 Å². The molecule has 0 aliphatic carbocycles. The summed E-state index contributed by atoms with van der Waals surface area (Å²) in [4.78, 5) is 11.7. The highest BCUT2D eigenvalue weighted by Crippen LogP contribution is 2.45.